The van der Waals surface area contributed by atoms with E-state index in [1.165, 1.54) is 0 Å². The second-order valence-electron chi connectivity index (χ2n) is 1.87. The number of hydrogen-bond donors (Lipinski definition) is 1. The van der Waals surface area contributed by atoms with Crippen LogP contribution in [0.2, 0.25) is 0 Å². The molecule has 10 heavy (non-hydrogen) atoms. The molecule has 0 heterocycles. The van der Waals surface area contributed by atoms with Crippen molar-refractivity contribution in [2.75, 3.05) is 0 Å². The molecule has 0 rings (SSSR count). The quantitative estimate of drug-likeness (QED) is 0.284. The zero-order chi connectivity index (χ0) is 7.28. The topological polar surface area (TPSA) is 54.4 Å². The zero-order valence-corrected chi connectivity index (χ0v) is 8.33. The minimum Gasteiger partial charge on any atom is -1.00 e. The molecule has 3 nitrogen and oxygen atoms in total. The van der Waals surface area contributed by atoms with Crippen molar-refractivity contribution in [3.63, 3.8) is 0 Å². The number of aldehydes is 1. The van der Waals surface area contributed by atoms with E-state index in [9.17, 15) is 9.59 Å². The first kappa shape index (κ1) is 12.8. The van der Waals surface area contributed by atoms with Gasteiger partial charge in [-0.15, -0.1) is 0 Å². The van der Waals surface area contributed by atoms with Crippen molar-refractivity contribution in [2.24, 2.45) is 5.92 Å². The fourth-order valence-corrected chi connectivity index (χ4v) is 0.561. The van der Waals surface area contributed by atoms with Crippen LogP contribution < -0.4 is 29.6 Å². The summed E-state index contributed by atoms with van der Waals surface area (Å²) in [6.45, 7) is 1.85. The van der Waals surface area contributed by atoms with Crippen molar-refractivity contribution in [2.45, 2.75) is 19.8 Å². The number of carboxylic acids is 1. The second-order valence-corrected chi connectivity index (χ2v) is 1.87. The van der Waals surface area contributed by atoms with Gasteiger partial charge in [-0.05, 0) is 6.42 Å². The van der Waals surface area contributed by atoms with Gasteiger partial charge in [0.2, 0.25) is 0 Å². The molecule has 0 aliphatic rings. The maximum Gasteiger partial charge on any atom is 1.00 e. The molecule has 0 bridgehead atoms. The first-order valence-electron chi connectivity index (χ1n) is 2.90. The van der Waals surface area contributed by atoms with Crippen LogP contribution in [0, 0.1) is 5.92 Å². The molecule has 0 aliphatic heterocycles. The zero-order valence-electron chi connectivity index (χ0n) is 7.33. The molecule has 1 atom stereocenters. The van der Waals surface area contributed by atoms with E-state index in [1.807, 2.05) is 6.92 Å². The monoisotopic (exact) mass is 154 g/mol. The molecule has 4 heteroatoms. The molecule has 0 saturated heterocycles. The van der Waals surface area contributed by atoms with Crippen molar-refractivity contribution < 1.29 is 45.7 Å². The smallest absolute Gasteiger partial charge is 1.00 e. The molecule has 1 N–H and O–H groups in total. The summed E-state index contributed by atoms with van der Waals surface area (Å²) in [7, 11) is 0. The van der Waals surface area contributed by atoms with Gasteiger partial charge in [-0.1, -0.05) is 13.3 Å². The molecule has 0 aromatic heterocycles. The van der Waals surface area contributed by atoms with Crippen LogP contribution in [0.3, 0.4) is 0 Å². The Morgan fingerprint density at radius 1 is 1.80 bits per heavy atom. The predicted octanol–water partition coefficient (Wildman–Crippen LogP) is -2.20. The first-order valence-corrected chi connectivity index (χ1v) is 2.90. The van der Waals surface area contributed by atoms with Gasteiger partial charge < -0.3 is 11.3 Å². The Kier molecular flexibility index (Phi) is 9.27. The minimum absolute atomic E-state index is 0. The number of hydrogen-bond acceptors (Lipinski definition) is 2. The van der Waals surface area contributed by atoms with Gasteiger partial charge in [0, 0.05) is 0 Å². The Bertz CT molecular complexity index is 118. The number of carbonyl (C=O) groups is 2. The van der Waals surface area contributed by atoms with Crippen molar-refractivity contribution >= 4 is 12.3 Å². The molecule has 0 radical (unpaired) electrons. The standard InChI is InChI=1S/C6H10O3.Na.H/c1-2-3-5(4-7)6(8)9;;/h4-5H,2-3H2,1H3,(H,8,9);;/q;+1;-1. The Morgan fingerprint density at radius 2 is 2.30 bits per heavy atom. The third-order valence-corrected chi connectivity index (χ3v) is 1.08. The molecular formula is C6H11NaO3. The van der Waals surface area contributed by atoms with Crippen LogP contribution in [-0.2, 0) is 9.59 Å². The summed E-state index contributed by atoms with van der Waals surface area (Å²) in [6, 6.07) is 0. The third kappa shape index (κ3) is 4.97. The fourth-order valence-electron chi connectivity index (χ4n) is 0.561. The summed E-state index contributed by atoms with van der Waals surface area (Å²) in [5, 5.41) is 8.27. The Morgan fingerprint density at radius 3 is 2.40 bits per heavy atom. The molecule has 1 unspecified atom stereocenters. The van der Waals surface area contributed by atoms with E-state index >= 15 is 0 Å². The largest absolute Gasteiger partial charge is 1.00 e. The van der Waals surface area contributed by atoms with Crippen molar-refractivity contribution in [3.05, 3.63) is 0 Å². The minimum atomic E-state index is -1.02. The number of aliphatic carboxylic acids is 1. The molecular weight excluding hydrogens is 143 g/mol. The van der Waals surface area contributed by atoms with Crippen molar-refractivity contribution in [1.29, 1.82) is 0 Å². The van der Waals surface area contributed by atoms with E-state index in [0.29, 0.717) is 12.7 Å². The number of carbonyl (C=O) groups excluding carboxylic acids is 1. The van der Waals surface area contributed by atoms with Gasteiger partial charge in [0.25, 0.3) is 0 Å². The van der Waals surface area contributed by atoms with E-state index in [2.05, 4.69) is 0 Å². The molecule has 0 aliphatic carbocycles. The maximum atomic E-state index is 10.1. The first-order chi connectivity index (χ1) is 4.22. The van der Waals surface area contributed by atoms with E-state index in [-0.39, 0.29) is 31.0 Å². The van der Waals surface area contributed by atoms with Crippen LogP contribution >= 0.6 is 0 Å². The van der Waals surface area contributed by atoms with Crippen LogP contribution in [0.5, 0.6) is 0 Å². The van der Waals surface area contributed by atoms with Crippen LogP contribution in [0.25, 0.3) is 0 Å². The SMILES string of the molecule is CCCC(C=O)C(=O)O.[H-].[Na+]. The summed E-state index contributed by atoms with van der Waals surface area (Å²) in [5.41, 5.74) is 0. The summed E-state index contributed by atoms with van der Waals surface area (Å²) in [6.07, 6.45) is 1.65. The summed E-state index contributed by atoms with van der Waals surface area (Å²) in [4.78, 5) is 20.0. The Hall–Kier alpha value is 0.140. The number of carboxylic acid groups (broad SMARTS) is 1. The fraction of sp³-hybridized carbons (Fsp3) is 0.667. The normalized spacial score (nSPS) is 11.3. The van der Waals surface area contributed by atoms with Crippen LogP contribution in [0.15, 0.2) is 0 Å². The van der Waals surface area contributed by atoms with Gasteiger partial charge in [0.15, 0.2) is 0 Å². The van der Waals surface area contributed by atoms with E-state index < -0.39 is 11.9 Å². The van der Waals surface area contributed by atoms with E-state index in [4.69, 9.17) is 5.11 Å². The Labute approximate surface area is 83.6 Å². The number of rotatable bonds is 4. The van der Waals surface area contributed by atoms with Gasteiger partial charge >= 0.3 is 35.5 Å². The van der Waals surface area contributed by atoms with E-state index in [0.717, 1.165) is 6.42 Å². The average molecular weight is 154 g/mol. The molecule has 0 saturated carbocycles. The van der Waals surface area contributed by atoms with Crippen LogP contribution in [-0.4, -0.2) is 17.4 Å². The molecule has 54 valence electrons. The average Bonchev–Trinajstić information content (AvgIpc) is 1.82. The van der Waals surface area contributed by atoms with Gasteiger partial charge in [-0.3, -0.25) is 4.79 Å². The molecule has 0 aromatic rings. The van der Waals surface area contributed by atoms with Crippen molar-refractivity contribution in [1.82, 2.24) is 0 Å². The van der Waals surface area contributed by atoms with Crippen LogP contribution in [0.1, 0.15) is 21.2 Å². The van der Waals surface area contributed by atoms with Gasteiger partial charge in [0.1, 0.15) is 12.2 Å². The van der Waals surface area contributed by atoms with E-state index in [1.54, 1.807) is 0 Å². The summed E-state index contributed by atoms with van der Waals surface area (Å²) < 4.78 is 0. The summed E-state index contributed by atoms with van der Waals surface area (Å²) >= 11 is 0. The van der Waals surface area contributed by atoms with Gasteiger partial charge in [0.05, 0.1) is 0 Å². The second kappa shape index (κ2) is 7.25. The third-order valence-electron chi connectivity index (χ3n) is 1.08. The van der Waals surface area contributed by atoms with Crippen LogP contribution in [0.4, 0.5) is 0 Å². The predicted molar refractivity (Wildman–Crippen MR) is 33.2 cm³/mol. The van der Waals surface area contributed by atoms with Crippen molar-refractivity contribution in [3.8, 4) is 0 Å². The Balaban J connectivity index is -0.000000320. The maximum absolute atomic E-state index is 10.1. The molecule has 0 aromatic carbocycles. The molecule has 0 amide bonds. The molecule has 0 fully saturated rings. The van der Waals surface area contributed by atoms with Gasteiger partial charge in [-0.2, -0.15) is 0 Å². The van der Waals surface area contributed by atoms with Gasteiger partial charge in [-0.25, -0.2) is 0 Å². The molecule has 0 spiro atoms. The summed E-state index contributed by atoms with van der Waals surface area (Å²) in [5.74, 6) is -1.82.